The Kier molecular flexibility index (Phi) is 41.4. The first-order valence-corrected chi connectivity index (χ1v) is 25.8. The molecule has 0 aliphatic rings. The summed E-state index contributed by atoms with van der Waals surface area (Å²) in [6.07, 6.45) is 63.1. The standard InChI is InChI=1S/C53H91N2O6P/c1-6-8-10-12-14-16-18-20-22-23-24-25-26-27-28-29-30-31-33-35-37-39-41-43-45-47-53(57)54-51(50-61-62(58,59)60-49-48-55(3,4)5)52(56)46-44-42-40-38-36-34-32-21-19-17-15-13-11-9-7-2/h8,10,14,16,20,22,24-25,27-28,30-31,35-38,44,46,51-52,56H,6-7,9,11-13,15,17-19,21,23,26,29,32-34,39-43,45,47-50H2,1-5H3,(H-,54,57,58,59)/p+1/b10-8-,16-14-,22-20-,25-24-,28-27-,31-30-,37-35-,38-36+,46-44+. The highest BCUT2D eigenvalue weighted by atomic mass is 31.2. The van der Waals surface area contributed by atoms with Crippen LogP contribution in [0.25, 0.3) is 0 Å². The van der Waals surface area contributed by atoms with Gasteiger partial charge in [0.2, 0.25) is 5.91 Å². The van der Waals surface area contributed by atoms with Crippen LogP contribution in [0, 0.1) is 0 Å². The van der Waals surface area contributed by atoms with E-state index < -0.39 is 20.0 Å². The summed E-state index contributed by atoms with van der Waals surface area (Å²) in [5.41, 5.74) is 0. The molecule has 0 spiro atoms. The lowest BCUT2D eigenvalue weighted by atomic mass is 10.1. The molecule has 0 fully saturated rings. The maximum absolute atomic E-state index is 12.9. The van der Waals surface area contributed by atoms with Crippen molar-refractivity contribution in [2.24, 2.45) is 0 Å². The van der Waals surface area contributed by atoms with Crippen LogP contribution in [0.3, 0.4) is 0 Å². The van der Waals surface area contributed by atoms with Gasteiger partial charge in [0.15, 0.2) is 0 Å². The van der Waals surface area contributed by atoms with Crippen LogP contribution in [0.1, 0.15) is 168 Å². The zero-order valence-corrected chi connectivity index (χ0v) is 41.0. The quantitative estimate of drug-likeness (QED) is 0.0244. The molecule has 9 heteroatoms. The molecule has 0 aliphatic heterocycles. The maximum Gasteiger partial charge on any atom is 0.472 e. The summed E-state index contributed by atoms with van der Waals surface area (Å²) in [6, 6.07) is -0.889. The van der Waals surface area contributed by atoms with Crippen molar-refractivity contribution in [1.29, 1.82) is 0 Å². The zero-order valence-electron chi connectivity index (χ0n) is 40.1. The molecule has 0 aromatic rings. The Hall–Kier alpha value is -2.84. The number of amides is 1. The van der Waals surface area contributed by atoms with Crippen molar-refractivity contribution in [1.82, 2.24) is 5.32 Å². The van der Waals surface area contributed by atoms with E-state index in [-0.39, 0.29) is 19.1 Å². The van der Waals surface area contributed by atoms with Crippen molar-refractivity contribution in [3.05, 3.63) is 109 Å². The first-order chi connectivity index (χ1) is 30.0. The lowest BCUT2D eigenvalue weighted by molar-refractivity contribution is -0.870. The number of phosphoric ester groups is 1. The van der Waals surface area contributed by atoms with Gasteiger partial charge >= 0.3 is 7.82 Å². The number of aliphatic hydroxyl groups excluding tert-OH is 1. The number of rotatable bonds is 42. The lowest BCUT2D eigenvalue weighted by Gasteiger charge is -2.25. The van der Waals surface area contributed by atoms with Crippen molar-refractivity contribution in [3.8, 4) is 0 Å². The third-order valence-corrected chi connectivity index (χ3v) is 11.0. The molecule has 0 rings (SSSR count). The number of phosphoric acid groups is 1. The van der Waals surface area contributed by atoms with E-state index >= 15 is 0 Å². The molecular weight excluding hydrogens is 792 g/mol. The minimum absolute atomic E-state index is 0.0428. The van der Waals surface area contributed by atoms with Gasteiger partial charge in [-0.2, -0.15) is 0 Å². The van der Waals surface area contributed by atoms with Crippen molar-refractivity contribution in [2.45, 2.75) is 180 Å². The number of unbranched alkanes of at least 4 members (excludes halogenated alkanes) is 13. The van der Waals surface area contributed by atoms with E-state index in [2.05, 4.69) is 116 Å². The van der Waals surface area contributed by atoms with Crippen LogP contribution in [0.2, 0.25) is 0 Å². The Labute approximate surface area is 381 Å². The summed E-state index contributed by atoms with van der Waals surface area (Å²) < 4.78 is 23.6. The van der Waals surface area contributed by atoms with Crippen LogP contribution >= 0.6 is 7.82 Å². The molecule has 1 amide bonds. The van der Waals surface area contributed by atoms with Crippen LogP contribution in [0.4, 0.5) is 0 Å². The largest absolute Gasteiger partial charge is 0.472 e. The highest BCUT2D eigenvalue weighted by Gasteiger charge is 2.27. The minimum atomic E-state index is -4.37. The number of quaternary nitrogens is 1. The molecule has 354 valence electrons. The summed E-state index contributed by atoms with van der Waals surface area (Å²) >= 11 is 0. The fraction of sp³-hybridized carbons (Fsp3) is 0.642. The first-order valence-electron chi connectivity index (χ1n) is 24.3. The fourth-order valence-electron chi connectivity index (χ4n) is 6.15. The minimum Gasteiger partial charge on any atom is -0.387 e. The predicted octanol–water partition coefficient (Wildman–Crippen LogP) is 14.1. The second-order valence-corrected chi connectivity index (χ2v) is 18.5. The SMILES string of the molecule is CC/C=C\C/C=C\C/C=C\C/C=C\C/C=C\C/C=C\C/C=C\CCCCCC(=O)NC(COP(=O)(O)OCC[N+](C)(C)C)C(O)/C=C/CC/C=C/CCCCCCCCCCC. The summed E-state index contributed by atoms with van der Waals surface area (Å²) in [6.45, 7) is 4.62. The number of aliphatic hydroxyl groups is 1. The molecular formula is C53H92N2O6P+. The molecule has 0 saturated carbocycles. The molecule has 0 bridgehead atoms. The number of nitrogens with zero attached hydrogens (tertiary/aromatic N) is 1. The Morgan fingerprint density at radius 3 is 1.48 bits per heavy atom. The van der Waals surface area contributed by atoms with Crippen molar-refractivity contribution in [2.75, 3.05) is 40.9 Å². The average Bonchev–Trinajstić information content (AvgIpc) is 3.23. The second kappa shape index (κ2) is 43.4. The summed E-state index contributed by atoms with van der Waals surface area (Å²) in [4.78, 5) is 23.2. The fourth-order valence-corrected chi connectivity index (χ4v) is 6.89. The average molecular weight is 884 g/mol. The maximum atomic E-state index is 12.9. The molecule has 0 saturated heterocycles. The van der Waals surface area contributed by atoms with E-state index in [1.165, 1.54) is 57.8 Å². The molecule has 3 N–H and O–H groups in total. The van der Waals surface area contributed by atoms with E-state index in [1.807, 2.05) is 27.2 Å². The van der Waals surface area contributed by atoms with E-state index in [4.69, 9.17) is 9.05 Å². The van der Waals surface area contributed by atoms with Gasteiger partial charge in [0.25, 0.3) is 0 Å². The van der Waals surface area contributed by atoms with Gasteiger partial charge < -0.3 is 19.8 Å². The molecule has 0 radical (unpaired) electrons. The molecule has 3 unspecified atom stereocenters. The van der Waals surface area contributed by atoms with E-state index in [0.29, 0.717) is 23.9 Å². The van der Waals surface area contributed by atoms with Crippen molar-refractivity contribution >= 4 is 13.7 Å². The van der Waals surface area contributed by atoms with Gasteiger partial charge in [0.1, 0.15) is 13.2 Å². The van der Waals surface area contributed by atoms with Gasteiger partial charge in [-0.05, 0) is 89.9 Å². The molecule has 0 heterocycles. The van der Waals surface area contributed by atoms with E-state index in [0.717, 1.165) is 83.5 Å². The normalized spacial score (nSPS) is 15.1. The first kappa shape index (κ1) is 59.2. The lowest BCUT2D eigenvalue weighted by Crippen LogP contribution is -2.45. The predicted molar refractivity (Wildman–Crippen MR) is 267 cm³/mol. The number of allylic oxidation sites excluding steroid dienone is 17. The Morgan fingerprint density at radius 1 is 0.565 bits per heavy atom. The zero-order chi connectivity index (χ0) is 45.7. The van der Waals surface area contributed by atoms with Crippen LogP contribution in [-0.4, -0.2) is 73.4 Å². The second-order valence-electron chi connectivity index (χ2n) is 17.1. The van der Waals surface area contributed by atoms with E-state index in [9.17, 15) is 19.4 Å². The van der Waals surface area contributed by atoms with Gasteiger partial charge in [0, 0.05) is 6.42 Å². The molecule has 0 aromatic heterocycles. The monoisotopic (exact) mass is 884 g/mol. The van der Waals surface area contributed by atoms with Crippen LogP contribution in [-0.2, 0) is 18.4 Å². The number of hydrogen-bond donors (Lipinski definition) is 3. The Balaban J connectivity index is 4.48. The third kappa shape index (κ3) is 45.2. The highest BCUT2D eigenvalue weighted by Crippen LogP contribution is 2.43. The van der Waals surface area contributed by atoms with Gasteiger partial charge in [-0.1, -0.05) is 181 Å². The van der Waals surface area contributed by atoms with E-state index in [1.54, 1.807) is 6.08 Å². The van der Waals surface area contributed by atoms with Gasteiger partial charge in [0.05, 0.1) is 39.9 Å². The summed E-state index contributed by atoms with van der Waals surface area (Å²) in [5.74, 6) is -0.225. The van der Waals surface area contributed by atoms with Crippen molar-refractivity contribution in [3.63, 3.8) is 0 Å². The number of hydrogen-bond acceptors (Lipinski definition) is 5. The van der Waals surface area contributed by atoms with Crippen LogP contribution < -0.4 is 5.32 Å². The van der Waals surface area contributed by atoms with Gasteiger partial charge in [-0.3, -0.25) is 13.8 Å². The van der Waals surface area contributed by atoms with Crippen molar-refractivity contribution < 1.29 is 32.9 Å². The smallest absolute Gasteiger partial charge is 0.387 e. The Morgan fingerprint density at radius 2 is 0.984 bits per heavy atom. The van der Waals surface area contributed by atoms with Gasteiger partial charge in [-0.15, -0.1) is 0 Å². The molecule has 3 atom stereocenters. The molecule has 0 aromatic carbocycles. The molecule has 62 heavy (non-hydrogen) atoms. The van der Waals surface area contributed by atoms with Gasteiger partial charge in [-0.25, -0.2) is 4.57 Å². The third-order valence-electron chi connectivity index (χ3n) is 9.98. The summed E-state index contributed by atoms with van der Waals surface area (Å²) in [5, 5.41) is 13.8. The topological polar surface area (TPSA) is 105 Å². The number of nitrogens with one attached hydrogen (secondary N) is 1. The number of likely N-dealkylation sites (N-methyl/N-ethyl adjacent to an activating group) is 1. The number of carbonyl (C=O) groups excluding carboxylic acids is 1. The highest BCUT2D eigenvalue weighted by molar-refractivity contribution is 7.47. The number of carbonyl (C=O) groups is 1. The summed E-state index contributed by atoms with van der Waals surface area (Å²) in [7, 11) is 1.51. The Bertz CT molecular complexity index is 1370. The molecule has 8 nitrogen and oxygen atoms in total. The van der Waals surface area contributed by atoms with Crippen LogP contribution in [0.15, 0.2) is 109 Å². The van der Waals surface area contributed by atoms with Crippen LogP contribution in [0.5, 0.6) is 0 Å². The molecule has 0 aliphatic carbocycles.